The highest BCUT2D eigenvalue weighted by molar-refractivity contribution is 5.94. The van der Waals surface area contributed by atoms with Gasteiger partial charge in [0.2, 0.25) is 0 Å². The van der Waals surface area contributed by atoms with E-state index in [0.29, 0.717) is 35.0 Å². The van der Waals surface area contributed by atoms with Crippen molar-refractivity contribution >= 4 is 11.6 Å². The maximum atomic E-state index is 13.2. The molecule has 0 fully saturated rings. The minimum absolute atomic E-state index is 0.104. The van der Waals surface area contributed by atoms with E-state index in [1.54, 1.807) is 43.5 Å². The van der Waals surface area contributed by atoms with E-state index in [0.717, 1.165) is 5.56 Å². The first kappa shape index (κ1) is 22.5. The molecular formula is C25H22N4O5. The van der Waals surface area contributed by atoms with Crippen LogP contribution in [0.1, 0.15) is 16.1 Å². The van der Waals surface area contributed by atoms with Gasteiger partial charge in [0.1, 0.15) is 17.2 Å². The van der Waals surface area contributed by atoms with Crippen molar-refractivity contribution in [1.29, 1.82) is 0 Å². The molecule has 172 valence electrons. The molecule has 3 aromatic carbocycles. The van der Waals surface area contributed by atoms with E-state index in [1.807, 2.05) is 30.3 Å². The summed E-state index contributed by atoms with van der Waals surface area (Å²) in [7, 11) is 3.09. The smallest absolute Gasteiger partial charge is 0.271 e. The van der Waals surface area contributed by atoms with Crippen molar-refractivity contribution in [2.24, 2.45) is 0 Å². The first-order chi connectivity index (χ1) is 16.5. The zero-order valence-electron chi connectivity index (χ0n) is 18.6. The van der Waals surface area contributed by atoms with Crippen molar-refractivity contribution in [3.05, 3.63) is 100 Å². The molecule has 0 radical (unpaired) electrons. The summed E-state index contributed by atoms with van der Waals surface area (Å²) >= 11 is 0. The van der Waals surface area contributed by atoms with Gasteiger partial charge in [-0.1, -0.05) is 36.4 Å². The number of nitro groups is 1. The number of carbonyl (C=O) groups excluding carboxylic acids is 1. The summed E-state index contributed by atoms with van der Waals surface area (Å²) in [6.45, 7) is 0.320. The third-order valence-electron chi connectivity index (χ3n) is 5.21. The Morgan fingerprint density at radius 1 is 1.00 bits per heavy atom. The van der Waals surface area contributed by atoms with Gasteiger partial charge in [-0.2, -0.15) is 5.10 Å². The quantitative estimate of drug-likeness (QED) is 0.310. The molecule has 0 aliphatic carbocycles. The van der Waals surface area contributed by atoms with Gasteiger partial charge in [-0.05, 0) is 29.8 Å². The molecule has 0 spiro atoms. The Balaban J connectivity index is 1.77. The molecule has 9 heteroatoms. The van der Waals surface area contributed by atoms with Crippen LogP contribution >= 0.6 is 0 Å². The number of methoxy groups -OCH3 is 2. The third-order valence-corrected chi connectivity index (χ3v) is 5.21. The van der Waals surface area contributed by atoms with Gasteiger partial charge in [0, 0.05) is 30.3 Å². The second kappa shape index (κ2) is 9.86. The Morgan fingerprint density at radius 2 is 1.79 bits per heavy atom. The zero-order valence-corrected chi connectivity index (χ0v) is 18.6. The molecule has 0 unspecified atom stereocenters. The summed E-state index contributed by atoms with van der Waals surface area (Å²) in [5, 5.41) is 18.8. The number of ether oxygens (including phenoxy) is 2. The van der Waals surface area contributed by atoms with Crippen molar-refractivity contribution in [3.63, 3.8) is 0 Å². The van der Waals surface area contributed by atoms with Gasteiger partial charge in [-0.15, -0.1) is 0 Å². The molecule has 1 amide bonds. The zero-order chi connectivity index (χ0) is 24.1. The first-order valence-corrected chi connectivity index (χ1v) is 10.4. The van der Waals surface area contributed by atoms with E-state index in [1.165, 1.54) is 23.9 Å². The van der Waals surface area contributed by atoms with Gasteiger partial charge in [0.05, 0.1) is 30.5 Å². The fraction of sp³-hybridized carbons (Fsp3) is 0.120. The van der Waals surface area contributed by atoms with E-state index >= 15 is 0 Å². The molecule has 0 saturated carbocycles. The highest BCUT2D eigenvalue weighted by Crippen LogP contribution is 2.33. The van der Waals surface area contributed by atoms with Crippen LogP contribution in [-0.4, -0.2) is 34.8 Å². The Morgan fingerprint density at radius 3 is 2.50 bits per heavy atom. The molecule has 1 heterocycles. The number of hydrogen-bond donors (Lipinski definition) is 1. The largest absolute Gasteiger partial charge is 0.497 e. The Labute approximate surface area is 195 Å². The van der Waals surface area contributed by atoms with E-state index in [-0.39, 0.29) is 17.3 Å². The summed E-state index contributed by atoms with van der Waals surface area (Å²) in [6, 6.07) is 22.4. The number of hydrogen-bond acceptors (Lipinski definition) is 6. The van der Waals surface area contributed by atoms with Crippen molar-refractivity contribution in [1.82, 2.24) is 15.1 Å². The molecular weight excluding hydrogens is 436 g/mol. The van der Waals surface area contributed by atoms with Gasteiger partial charge in [-0.3, -0.25) is 14.9 Å². The average molecular weight is 458 g/mol. The number of non-ortho nitro benzene ring substituents is 1. The predicted molar refractivity (Wildman–Crippen MR) is 126 cm³/mol. The summed E-state index contributed by atoms with van der Waals surface area (Å²) in [4.78, 5) is 24.0. The Bertz CT molecular complexity index is 1330. The third kappa shape index (κ3) is 4.73. The van der Waals surface area contributed by atoms with Crippen LogP contribution in [0.5, 0.6) is 11.5 Å². The molecule has 0 saturated heterocycles. The maximum absolute atomic E-state index is 13.2. The molecule has 0 bridgehead atoms. The number of nitro benzene ring substituents is 1. The lowest BCUT2D eigenvalue weighted by molar-refractivity contribution is -0.384. The van der Waals surface area contributed by atoms with E-state index in [4.69, 9.17) is 9.47 Å². The normalized spacial score (nSPS) is 10.5. The van der Waals surface area contributed by atoms with Crippen LogP contribution in [-0.2, 0) is 6.54 Å². The molecule has 4 aromatic rings. The van der Waals surface area contributed by atoms with E-state index in [2.05, 4.69) is 10.4 Å². The van der Waals surface area contributed by atoms with E-state index < -0.39 is 4.92 Å². The molecule has 0 aliphatic rings. The van der Waals surface area contributed by atoms with Gasteiger partial charge >= 0.3 is 0 Å². The van der Waals surface area contributed by atoms with Crippen LogP contribution in [0, 0.1) is 10.1 Å². The minimum atomic E-state index is -0.491. The van der Waals surface area contributed by atoms with Gasteiger partial charge in [0.25, 0.3) is 11.6 Å². The molecule has 0 aliphatic heterocycles. The second-order valence-electron chi connectivity index (χ2n) is 7.34. The van der Waals surface area contributed by atoms with Gasteiger partial charge in [-0.25, -0.2) is 4.68 Å². The van der Waals surface area contributed by atoms with Crippen LogP contribution in [0.2, 0.25) is 0 Å². The summed E-state index contributed by atoms with van der Waals surface area (Å²) in [6.07, 6.45) is 0. The fourth-order valence-electron chi connectivity index (χ4n) is 3.49. The van der Waals surface area contributed by atoms with Crippen molar-refractivity contribution in [3.8, 4) is 28.4 Å². The molecule has 1 N–H and O–H groups in total. The van der Waals surface area contributed by atoms with Crippen molar-refractivity contribution in [2.45, 2.75) is 6.54 Å². The number of nitrogens with one attached hydrogen (secondary N) is 1. The van der Waals surface area contributed by atoms with Crippen molar-refractivity contribution in [2.75, 3.05) is 14.2 Å². The van der Waals surface area contributed by atoms with Crippen LogP contribution in [0.4, 0.5) is 5.69 Å². The number of benzene rings is 3. The lowest BCUT2D eigenvalue weighted by atomic mass is 10.1. The van der Waals surface area contributed by atoms with E-state index in [9.17, 15) is 14.9 Å². The number of carbonyl (C=O) groups is 1. The van der Waals surface area contributed by atoms with Crippen molar-refractivity contribution < 1.29 is 19.2 Å². The lowest BCUT2D eigenvalue weighted by Gasteiger charge is -2.09. The lowest BCUT2D eigenvalue weighted by Crippen LogP contribution is -2.25. The summed E-state index contributed by atoms with van der Waals surface area (Å²) < 4.78 is 12.1. The number of rotatable bonds is 8. The fourth-order valence-corrected chi connectivity index (χ4v) is 3.49. The average Bonchev–Trinajstić information content (AvgIpc) is 3.33. The van der Waals surface area contributed by atoms with Gasteiger partial charge in [0.15, 0.2) is 0 Å². The molecule has 0 atom stereocenters. The standard InChI is InChI=1S/C25H22N4O5/c1-33-20-11-12-21(24(14-20)34-2)22-15-23(25(30)26-16-17-7-4-3-5-8-17)28(27-22)18-9-6-10-19(13-18)29(31)32/h3-15H,16H2,1-2H3,(H,26,30). The summed E-state index contributed by atoms with van der Waals surface area (Å²) in [5.74, 6) is 0.750. The highest BCUT2D eigenvalue weighted by Gasteiger charge is 2.21. The number of aromatic nitrogens is 2. The molecule has 9 nitrogen and oxygen atoms in total. The Kier molecular flexibility index (Phi) is 6.54. The van der Waals surface area contributed by atoms with Crippen LogP contribution < -0.4 is 14.8 Å². The van der Waals surface area contributed by atoms with Crippen LogP contribution in [0.25, 0.3) is 16.9 Å². The number of amides is 1. The number of nitrogens with zero attached hydrogens (tertiary/aromatic N) is 3. The van der Waals surface area contributed by atoms with Crippen LogP contribution in [0.3, 0.4) is 0 Å². The highest BCUT2D eigenvalue weighted by atomic mass is 16.6. The monoisotopic (exact) mass is 458 g/mol. The van der Waals surface area contributed by atoms with Crippen LogP contribution in [0.15, 0.2) is 78.9 Å². The molecule has 4 rings (SSSR count). The maximum Gasteiger partial charge on any atom is 0.271 e. The van der Waals surface area contributed by atoms with Gasteiger partial charge < -0.3 is 14.8 Å². The second-order valence-corrected chi connectivity index (χ2v) is 7.34. The molecule has 34 heavy (non-hydrogen) atoms. The Hall–Kier alpha value is -4.66. The minimum Gasteiger partial charge on any atom is -0.497 e. The predicted octanol–water partition coefficient (Wildman–Crippen LogP) is 4.39. The first-order valence-electron chi connectivity index (χ1n) is 10.4. The topological polar surface area (TPSA) is 109 Å². The SMILES string of the molecule is COc1ccc(-c2cc(C(=O)NCc3ccccc3)n(-c3cccc([N+](=O)[O-])c3)n2)c(OC)c1. The molecule has 1 aromatic heterocycles. The summed E-state index contributed by atoms with van der Waals surface area (Å²) in [5.41, 5.74) is 2.56.